The van der Waals surface area contributed by atoms with Crippen molar-refractivity contribution in [1.29, 1.82) is 0 Å². The Morgan fingerprint density at radius 2 is 1.95 bits per heavy atom. The number of carbonyl (C=O) groups excluding carboxylic acids is 1. The number of carbonyl (C=O) groups is 1. The van der Waals surface area contributed by atoms with Crippen LogP contribution in [0.2, 0.25) is 0 Å². The monoisotopic (exact) mass is 297 g/mol. The third-order valence-corrected chi connectivity index (χ3v) is 3.16. The number of ether oxygens (including phenoxy) is 3. The van der Waals surface area contributed by atoms with Crippen molar-refractivity contribution in [3.8, 4) is 12.3 Å². The van der Waals surface area contributed by atoms with Crippen LogP contribution in [-0.2, 0) is 14.2 Å². The summed E-state index contributed by atoms with van der Waals surface area (Å²) >= 11 is 0. The molecule has 1 fully saturated rings. The van der Waals surface area contributed by atoms with E-state index >= 15 is 0 Å². The first-order chi connectivity index (χ1) is 9.50. The molecule has 0 aromatic rings. The highest BCUT2D eigenvalue weighted by molar-refractivity contribution is 5.68. The number of rotatable bonds is 2. The van der Waals surface area contributed by atoms with Crippen LogP contribution < -0.4 is 0 Å². The summed E-state index contributed by atoms with van der Waals surface area (Å²) in [6.45, 7) is 13.4. The van der Waals surface area contributed by atoms with Gasteiger partial charge in [0.15, 0.2) is 5.79 Å². The van der Waals surface area contributed by atoms with Crippen LogP contribution in [-0.4, -0.2) is 47.2 Å². The van der Waals surface area contributed by atoms with Crippen LogP contribution in [0, 0.1) is 12.3 Å². The van der Waals surface area contributed by atoms with E-state index in [2.05, 4.69) is 5.92 Å². The smallest absolute Gasteiger partial charge is 0.410 e. The number of amides is 1. The number of nitrogens with zero attached hydrogens (tertiary/aromatic N) is 1. The zero-order valence-corrected chi connectivity index (χ0v) is 14.1. The molecule has 1 aliphatic heterocycles. The number of terminal acetylenes is 1. The van der Waals surface area contributed by atoms with Gasteiger partial charge in [-0.2, -0.15) is 0 Å². The minimum absolute atomic E-state index is 0.248. The lowest BCUT2D eigenvalue weighted by Gasteiger charge is -2.47. The van der Waals surface area contributed by atoms with Gasteiger partial charge in [-0.3, -0.25) is 4.90 Å². The molecule has 21 heavy (non-hydrogen) atoms. The molecule has 1 saturated heterocycles. The molecule has 0 saturated carbocycles. The van der Waals surface area contributed by atoms with Crippen molar-refractivity contribution in [1.82, 2.24) is 4.90 Å². The van der Waals surface area contributed by atoms with Gasteiger partial charge in [0.1, 0.15) is 11.7 Å². The van der Waals surface area contributed by atoms with Crippen LogP contribution >= 0.6 is 0 Å². The zero-order valence-electron chi connectivity index (χ0n) is 14.1. The minimum atomic E-state index is -0.764. The second-order valence-electron chi connectivity index (χ2n) is 6.68. The van der Waals surface area contributed by atoms with Gasteiger partial charge < -0.3 is 14.2 Å². The van der Waals surface area contributed by atoms with Crippen LogP contribution in [0.3, 0.4) is 0 Å². The van der Waals surface area contributed by atoms with E-state index in [4.69, 9.17) is 20.6 Å². The van der Waals surface area contributed by atoms with E-state index in [-0.39, 0.29) is 12.1 Å². The molecular formula is C16H27NO4. The van der Waals surface area contributed by atoms with Crippen molar-refractivity contribution in [3.05, 3.63) is 0 Å². The highest BCUT2D eigenvalue weighted by Gasteiger charge is 2.45. The van der Waals surface area contributed by atoms with Crippen LogP contribution in [0.25, 0.3) is 0 Å². The molecule has 1 amide bonds. The first kappa shape index (κ1) is 17.8. The summed E-state index contributed by atoms with van der Waals surface area (Å²) in [6.07, 6.45) is 4.40. The maximum Gasteiger partial charge on any atom is 0.410 e. The SMILES string of the molecule is C#C[C@H]1OC(C)(C)O[C@H](C)[C@@H]1N(CC)C(=O)OC(C)(C)C. The van der Waals surface area contributed by atoms with E-state index in [1.807, 2.05) is 48.5 Å². The fourth-order valence-corrected chi connectivity index (χ4v) is 2.50. The Kier molecular flexibility index (Phi) is 5.30. The van der Waals surface area contributed by atoms with Crippen LogP contribution in [0.1, 0.15) is 48.5 Å². The van der Waals surface area contributed by atoms with Crippen molar-refractivity contribution >= 4 is 6.09 Å². The van der Waals surface area contributed by atoms with Crippen molar-refractivity contribution < 1.29 is 19.0 Å². The molecule has 3 atom stereocenters. The van der Waals surface area contributed by atoms with E-state index in [1.54, 1.807) is 4.90 Å². The summed E-state index contributed by atoms with van der Waals surface area (Å²) in [7, 11) is 0. The molecule has 0 aromatic carbocycles. The Hall–Kier alpha value is -1.25. The normalized spacial score (nSPS) is 28.6. The molecule has 0 radical (unpaired) electrons. The van der Waals surface area contributed by atoms with Crippen molar-refractivity contribution in [3.63, 3.8) is 0 Å². The fraction of sp³-hybridized carbons (Fsp3) is 0.812. The summed E-state index contributed by atoms with van der Waals surface area (Å²) in [4.78, 5) is 14.0. The third-order valence-electron chi connectivity index (χ3n) is 3.16. The third kappa shape index (κ3) is 4.62. The molecule has 1 rings (SSSR count). The second kappa shape index (κ2) is 6.25. The number of hydrogen-bond acceptors (Lipinski definition) is 4. The van der Waals surface area contributed by atoms with E-state index < -0.39 is 23.6 Å². The Labute approximate surface area is 127 Å². The van der Waals surface area contributed by atoms with Gasteiger partial charge in [-0.05, 0) is 48.5 Å². The average Bonchev–Trinajstić information content (AvgIpc) is 2.28. The molecule has 0 unspecified atom stereocenters. The molecule has 0 aromatic heterocycles. The summed E-state index contributed by atoms with van der Waals surface area (Å²) in [5.74, 6) is 1.86. The molecule has 1 aliphatic rings. The predicted molar refractivity (Wildman–Crippen MR) is 80.7 cm³/mol. The van der Waals surface area contributed by atoms with Crippen molar-refractivity contribution in [2.45, 2.75) is 78.1 Å². The molecule has 5 nitrogen and oxygen atoms in total. The first-order valence-electron chi connectivity index (χ1n) is 7.32. The molecule has 5 heteroatoms. The summed E-state index contributed by atoms with van der Waals surface area (Å²) in [6, 6.07) is -0.372. The highest BCUT2D eigenvalue weighted by atomic mass is 16.7. The summed E-state index contributed by atoms with van der Waals surface area (Å²) < 4.78 is 17.0. The number of likely N-dealkylation sites (N-methyl/N-ethyl adjacent to an activating group) is 1. The lowest BCUT2D eigenvalue weighted by Crippen LogP contribution is -2.61. The van der Waals surface area contributed by atoms with Gasteiger partial charge in [0.2, 0.25) is 0 Å². The molecule has 0 bridgehead atoms. The van der Waals surface area contributed by atoms with Gasteiger partial charge in [0, 0.05) is 6.54 Å². The topological polar surface area (TPSA) is 48.0 Å². The Bertz CT molecular complexity index is 419. The molecule has 1 heterocycles. The van der Waals surface area contributed by atoms with Gasteiger partial charge in [0.25, 0.3) is 0 Å². The van der Waals surface area contributed by atoms with Gasteiger partial charge >= 0.3 is 6.09 Å². The van der Waals surface area contributed by atoms with Gasteiger partial charge in [-0.1, -0.05) is 5.92 Å². The highest BCUT2D eigenvalue weighted by Crippen LogP contribution is 2.30. The Morgan fingerprint density at radius 3 is 2.38 bits per heavy atom. The molecule has 0 N–H and O–H groups in total. The molecule has 0 spiro atoms. The Balaban J connectivity index is 2.98. The van der Waals surface area contributed by atoms with Crippen LogP contribution in [0.4, 0.5) is 4.79 Å². The standard InChI is InChI=1S/C16H27NO4/c1-9-12-13(11(3)19-16(7,8)20-12)17(10-2)14(18)21-15(4,5)6/h1,11-13H,10H2,2-8H3/t11-,12-,13+/m1/s1. The van der Waals surface area contributed by atoms with E-state index in [1.165, 1.54) is 0 Å². The average molecular weight is 297 g/mol. The maximum atomic E-state index is 12.4. The van der Waals surface area contributed by atoms with Crippen LogP contribution in [0.5, 0.6) is 0 Å². The first-order valence-corrected chi connectivity index (χ1v) is 7.32. The molecular weight excluding hydrogens is 270 g/mol. The van der Waals surface area contributed by atoms with Gasteiger partial charge in [-0.15, -0.1) is 6.42 Å². The summed E-state index contributed by atoms with van der Waals surface area (Å²) in [5, 5.41) is 0. The van der Waals surface area contributed by atoms with Gasteiger partial charge in [-0.25, -0.2) is 4.79 Å². The lowest BCUT2D eigenvalue weighted by molar-refractivity contribution is -0.304. The lowest BCUT2D eigenvalue weighted by atomic mass is 10.0. The Morgan fingerprint density at radius 1 is 1.38 bits per heavy atom. The zero-order chi connectivity index (χ0) is 16.4. The maximum absolute atomic E-state index is 12.4. The quantitative estimate of drug-likeness (QED) is 0.735. The molecule has 120 valence electrons. The van der Waals surface area contributed by atoms with Crippen LogP contribution in [0.15, 0.2) is 0 Å². The van der Waals surface area contributed by atoms with Crippen molar-refractivity contribution in [2.24, 2.45) is 0 Å². The molecule has 0 aliphatic carbocycles. The predicted octanol–water partition coefficient (Wildman–Crippen LogP) is 2.79. The minimum Gasteiger partial charge on any atom is -0.444 e. The van der Waals surface area contributed by atoms with Gasteiger partial charge in [0.05, 0.1) is 12.1 Å². The van der Waals surface area contributed by atoms with E-state index in [0.717, 1.165) is 0 Å². The second-order valence-corrected chi connectivity index (χ2v) is 6.68. The number of hydrogen-bond donors (Lipinski definition) is 0. The summed E-state index contributed by atoms with van der Waals surface area (Å²) in [5.41, 5.74) is -0.560. The fourth-order valence-electron chi connectivity index (χ4n) is 2.50. The van der Waals surface area contributed by atoms with Crippen molar-refractivity contribution in [2.75, 3.05) is 6.54 Å². The largest absolute Gasteiger partial charge is 0.444 e. The van der Waals surface area contributed by atoms with E-state index in [9.17, 15) is 4.79 Å². The van der Waals surface area contributed by atoms with E-state index in [0.29, 0.717) is 6.54 Å².